The van der Waals surface area contributed by atoms with Gasteiger partial charge in [0.15, 0.2) is 0 Å². The highest BCUT2D eigenvalue weighted by atomic mass is 16.7. The Hall–Kier alpha value is -1.84. The van der Waals surface area contributed by atoms with Gasteiger partial charge in [0.05, 0.1) is 5.41 Å². The van der Waals surface area contributed by atoms with Crippen molar-refractivity contribution in [3.05, 3.63) is 35.9 Å². The maximum atomic E-state index is 11.9. The first kappa shape index (κ1) is 13.2. The normalized spacial score (nSPS) is 10.8. The first-order chi connectivity index (χ1) is 7.82. The number of carbonyl (C=O) groups excluding carboxylic acids is 2. The number of hydrogen-bond acceptors (Lipinski definition) is 3. The first-order valence-electron chi connectivity index (χ1n) is 5.38. The molecule has 0 aromatic heterocycles. The molecule has 0 aliphatic heterocycles. The lowest BCUT2D eigenvalue weighted by Gasteiger charge is -2.22. The van der Waals surface area contributed by atoms with Crippen LogP contribution in [0.4, 0.5) is 0 Å². The molecular weight excluding hydrogens is 218 g/mol. The zero-order valence-corrected chi connectivity index (χ0v) is 10.6. The summed E-state index contributed by atoms with van der Waals surface area (Å²) in [5.74, 6) is -0.785. The van der Waals surface area contributed by atoms with Crippen LogP contribution in [0.15, 0.2) is 30.3 Å². The van der Waals surface area contributed by atoms with Gasteiger partial charge in [0.2, 0.25) is 0 Å². The van der Waals surface area contributed by atoms with Gasteiger partial charge in [-0.1, -0.05) is 18.2 Å². The second kappa shape index (κ2) is 4.99. The lowest BCUT2D eigenvalue weighted by molar-refractivity contribution is -0.183. The van der Waals surface area contributed by atoms with Crippen LogP contribution in [-0.2, 0) is 9.63 Å². The van der Waals surface area contributed by atoms with Gasteiger partial charge in [-0.3, -0.25) is 4.79 Å². The fourth-order valence-corrected chi connectivity index (χ4v) is 1.07. The Bertz CT molecular complexity index is 406. The van der Waals surface area contributed by atoms with Gasteiger partial charge in [-0.15, -0.1) is 0 Å². The number of benzene rings is 1. The maximum absolute atomic E-state index is 11.9. The van der Waals surface area contributed by atoms with E-state index in [9.17, 15) is 9.59 Å². The molecule has 0 radical (unpaired) electrons. The van der Waals surface area contributed by atoms with E-state index >= 15 is 0 Å². The maximum Gasteiger partial charge on any atom is 0.337 e. The molecule has 4 nitrogen and oxygen atoms in total. The molecule has 0 spiro atoms. The van der Waals surface area contributed by atoms with Crippen molar-refractivity contribution in [3.8, 4) is 0 Å². The van der Waals surface area contributed by atoms with Crippen LogP contribution >= 0.6 is 0 Å². The summed E-state index contributed by atoms with van der Waals surface area (Å²) in [7, 11) is 1.43. The van der Waals surface area contributed by atoms with Crippen LogP contribution in [0.1, 0.15) is 31.1 Å². The van der Waals surface area contributed by atoms with Crippen molar-refractivity contribution in [1.82, 2.24) is 5.06 Å². The van der Waals surface area contributed by atoms with Gasteiger partial charge >= 0.3 is 5.97 Å². The Labute approximate surface area is 101 Å². The Kier molecular flexibility index (Phi) is 3.89. The highest BCUT2D eigenvalue weighted by molar-refractivity contribution is 5.94. The lowest BCUT2D eigenvalue weighted by atomic mass is 9.98. The van der Waals surface area contributed by atoms with E-state index in [4.69, 9.17) is 4.84 Å². The van der Waals surface area contributed by atoms with Crippen molar-refractivity contribution in [1.29, 1.82) is 0 Å². The van der Waals surface area contributed by atoms with Crippen molar-refractivity contribution in [2.75, 3.05) is 7.05 Å². The minimum Gasteiger partial charge on any atom is -0.338 e. The quantitative estimate of drug-likeness (QED) is 0.701. The molecule has 0 N–H and O–H groups in total. The number of carbonyl (C=O) groups is 2. The fraction of sp³-hybridized carbons (Fsp3) is 0.385. The molecular formula is C13H17NO3. The number of amides is 1. The molecule has 1 amide bonds. The molecule has 0 saturated carbocycles. The second-order valence-corrected chi connectivity index (χ2v) is 4.80. The molecule has 4 heteroatoms. The Morgan fingerprint density at radius 2 is 1.65 bits per heavy atom. The third-order valence-corrected chi connectivity index (χ3v) is 2.14. The Morgan fingerprint density at radius 1 is 1.12 bits per heavy atom. The van der Waals surface area contributed by atoms with Gasteiger partial charge in [0, 0.05) is 12.6 Å². The van der Waals surface area contributed by atoms with E-state index in [1.807, 2.05) is 6.07 Å². The van der Waals surface area contributed by atoms with Crippen LogP contribution in [0, 0.1) is 5.41 Å². The topological polar surface area (TPSA) is 46.6 Å². The van der Waals surface area contributed by atoms with E-state index in [1.54, 1.807) is 45.0 Å². The van der Waals surface area contributed by atoms with Crippen LogP contribution in [0.25, 0.3) is 0 Å². The molecule has 0 unspecified atom stereocenters. The first-order valence-corrected chi connectivity index (χ1v) is 5.38. The average Bonchev–Trinajstić information content (AvgIpc) is 2.27. The SMILES string of the molecule is CN(OC(=O)C(C)(C)C)C(=O)c1ccccc1. The molecule has 17 heavy (non-hydrogen) atoms. The molecule has 0 aliphatic carbocycles. The van der Waals surface area contributed by atoms with Gasteiger partial charge in [-0.2, -0.15) is 5.06 Å². The molecule has 0 bridgehead atoms. The van der Waals surface area contributed by atoms with Crippen LogP contribution in [0.2, 0.25) is 0 Å². The highest BCUT2D eigenvalue weighted by Gasteiger charge is 2.26. The molecule has 0 saturated heterocycles. The summed E-state index contributed by atoms with van der Waals surface area (Å²) in [5, 5.41) is 0.961. The summed E-state index contributed by atoms with van der Waals surface area (Å²) in [6.45, 7) is 5.20. The minimum atomic E-state index is -0.634. The summed E-state index contributed by atoms with van der Waals surface area (Å²) in [6, 6.07) is 8.67. The predicted molar refractivity (Wildman–Crippen MR) is 64.1 cm³/mol. The van der Waals surface area contributed by atoms with E-state index in [-0.39, 0.29) is 5.91 Å². The van der Waals surface area contributed by atoms with Crippen molar-refractivity contribution in [2.24, 2.45) is 5.41 Å². The molecule has 92 valence electrons. The number of rotatable bonds is 1. The van der Waals surface area contributed by atoms with Gasteiger partial charge in [-0.25, -0.2) is 4.79 Å². The fourth-order valence-electron chi connectivity index (χ4n) is 1.07. The standard InChI is InChI=1S/C13H17NO3/c1-13(2,3)12(16)17-14(4)11(15)10-8-6-5-7-9-10/h5-9H,1-4H3. The largest absolute Gasteiger partial charge is 0.338 e. The monoisotopic (exact) mass is 235 g/mol. The summed E-state index contributed by atoms with van der Waals surface area (Å²) in [4.78, 5) is 28.4. The zero-order chi connectivity index (χ0) is 13.1. The van der Waals surface area contributed by atoms with Gasteiger partial charge in [-0.05, 0) is 32.9 Å². The Morgan fingerprint density at radius 3 is 2.12 bits per heavy atom. The number of hydrogen-bond donors (Lipinski definition) is 0. The third-order valence-electron chi connectivity index (χ3n) is 2.14. The lowest BCUT2D eigenvalue weighted by Crippen LogP contribution is -2.34. The van der Waals surface area contributed by atoms with Gasteiger partial charge in [0.1, 0.15) is 0 Å². The van der Waals surface area contributed by atoms with Crippen molar-refractivity contribution in [3.63, 3.8) is 0 Å². The van der Waals surface area contributed by atoms with E-state index in [2.05, 4.69) is 0 Å². The summed E-state index contributed by atoms with van der Waals surface area (Å²) in [5.41, 5.74) is -0.151. The van der Waals surface area contributed by atoms with E-state index in [0.717, 1.165) is 5.06 Å². The molecule has 1 rings (SSSR count). The summed E-state index contributed by atoms with van der Waals surface area (Å²) < 4.78 is 0. The predicted octanol–water partition coefficient (Wildman–Crippen LogP) is 2.26. The average molecular weight is 235 g/mol. The molecule has 0 heterocycles. The molecule has 1 aromatic carbocycles. The zero-order valence-electron chi connectivity index (χ0n) is 10.6. The minimum absolute atomic E-state index is 0.344. The summed E-state index contributed by atoms with van der Waals surface area (Å²) >= 11 is 0. The van der Waals surface area contributed by atoms with Crippen molar-refractivity contribution < 1.29 is 14.4 Å². The Balaban J connectivity index is 2.69. The second-order valence-electron chi connectivity index (χ2n) is 4.80. The van der Waals surface area contributed by atoms with Crippen LogP contribution in [0.5, 0.6) is 0 Å². The van der Waals surface area contributed by atoms with Gasteiger partial charge in [0.25, 0.3) is 5.91 Å². The van der Waals surface area contributed by atoms with Crippen molar-refractivity contribution in [2.45, 2.75) is 20.8 Å². The van der Waals surface area contributed by atoms with Gasteiger partial charge < -0.3 is 4.84 Å². The summed E-state index contributed by atoms with van der Waals surface area (Å²) in [6.07, 6.45) is 0. The van der Waals surface area contributed by atoms with E-state index in [1.165, 1.54) is 7.05 Å². The van der Waals surface area contributed by atoms with Crippen LogP contribution in [0.3, 0.4) is 0 Å². The smallest absolute Gasteiger partial charge is 0.337 e. The van der Waals surface area contributed by atoms with Crippen molar-refractivity contribution >= 4 is 11.9 Å². The third kappa shape index (κ3) is 3.59. The number of hydroxylamine groups is 2. The number of nitrogens with zero attached hydrogens (tertiary/aromatic N) is 1. The van der Waals surface area contributed by atoms with Crippen LogP contribution in [-0.4, -0.2) is 24.0 Å². The van der Waals surface area contributed by atoms with Crippen LogP contribution < -0.4 is 0 Å². The highest BCUT2D eigenvalue weighted by Crippen LogP contribution is 2.16. The molecule has 1 aromatic rings. The molecule has 0 atom stereocenters. The van der Waals surface area contributed by atoms with E-state index in [0.29, 0.717) is 5.56 Å². The van der Waals surface area contributed by atoms with E-state index < -0.39 is 11.4 Å². The molecule has 0 aliphatic rings. The molecule has 0 fully saturated rings.